The molecule has 4 nitrogen and oxygen atoms in total. The molecule has 0 aliphatic rings. The third-order valence-electron chi connectivity index (χ3n) is 2.58. The van der Waals surface area contributed by atoms with Gasteiger partial charge < -0.3 is 14.8 Å². The fourth-order valence-corrected chi connectivity index (χ4v) is 1.57. The molecule has 0 aliphatic carbocycles. The lowest BCUT2D eigenvalue weighted by Gasteiger charge is -2.08. The normalized spacial score (nSPS) is 10.7. The second kappa shape index (κ2) is 8.67. The van der Waals surface area contributed by atoms with Crippen LogP contribution in [0.25, 0.3) is 0 Å². The second-order valence-corrected chi connectivity index (χ2v) is 4.83. The van der Waals surface area contributed by atoms with Crippen molar-refractivity contribution in [3.8, 4) is 0 Å². The Bertz CT molecular complexity index is 373. The molecule has 1 N–H and O–H groups in total. The van der Waals surface area contributed by atoms with Crippen LogP contribution < -0.4 is 5.32 Å². The standard InChI is InChI=1S/C15H23NO3/c1-12(2)11-19-9-8-16-10-13-4-6-14(7-5-13)15(17)18-3/h4-7,12,16H,8-11H2,1-3H3. The minimum atomic E-state index is -0.304. The van der Waals surface area contributed by atoms with Crippen molar-refractivity contribution < 1.29 is 14.3 Å². The molecular formula is C15H23NO3. The Balaban J connectivity index is 2.21. The van der Waals surface area contributed by atoms with E-state index in [4.69, 9.17) is 4.74 Å². The van der Waals surface area contributed by atoms with Gasteiger partial charge in [-0.25, -0.2) is 4.79 Å². The number of carbonyl (C=O) groups is 1. The highest BCUT2D eigenvalue weighted by Gasteiger charge is 2.03. The molecule has 0 unspecified atom stereocenters. The highest BCUT2D eigenvalue weighted by Crippen LogP contribution is 2.05. The summed E-state index contributed by atoms with van der Waals surface area (Å²) in [5, 5.41) is 3.30. The van der Waals surface area contributed by atoms with Crippen LogP contribution in [0.5, 0.6) is 0 Å². The van der Waals surface area contributed by atoms with Crippen molar-refractivity contribution in [3.63, 3.8) is 0 Å². The van der Waals surface area contributed by atoms with Crippen molar-refractivity contribution in [1.29, 1.82) is 0 Å². The number of hydrogen-bond donors (Lipinski definition) is 1. The largest absolute Gasteiger partial charge is 0.465 e. The van der Waals surface area contributed by atoms with Crippen LogP contribution >= 0.6 is 0 Å². The van der Waals surface area contributed by atoms with Crippen molar-refractivity contribution in [3.05, 3.63) is 35.4 Å². The maximum Gasteiger partial charge on any atom is 0.337 e. The predicted octanol–water partition coefficient (Wildman–Crippen LogP) is 2.24. The van der Waals surface area contributed by atoms with Gasteiger partial charge in [0.25, 0.3) is 0 Å². The van der Waals surface area contributed by atoms with Crippen molar-refractivity contribution in [2.45, 2.75) is 20.4 Å². The number of esters is 1. The first-order chi connectivity index (χ1) is 9.13. The first-order valence-electron chi connectivity index (χ1n) is 6.59. The number of benzene rings is 1. The van der Waals surface area contributed by atoms with E-state index in [2.05, 4.69) is 23.9 Å². The van der Waals surface area contributed by atoms with Gasteiger partial charge in [-0.05, 0) is 23.6 Å². The van der Waals surface area contributed by atoms with E-state index in [1.807, 2.05) is 12.1 Å². The summed E-state index contributed by atoms with van der Waals surface area (Å²) >= 11 is 0. The van der Waals surface area contributed by atoms with Gasteiger partial charge in [0, 0.05) is 19.7 Å². The molecule has 0 radical (unpaired) electrons. The van der Waals surface area contributed by atoms with E-state index in [1.54, 1.807) is 12.1 Å². The molecule has 0 atom stereocenters. The first-order valence-corrected chi connectivity index (χ1v) is 6.59. The summed E-state index contributed by atoms with van der Waals surface area (Å²) in [6.07, 6.45) is 0. The van der Waals surface area contributed by atoms with Gasteiger partial charge in [0.05, 0.1) is 19.3 Å². The Kier molecular flexibility index (Phi) is 7.15. The topological polar surface area (TPSA) is 47.6 Å². The van der Waals surface area contributed by atoms with Gasteiger partial charge in [0.15, 0.2) is 0 Å². The molecule has 106 valence electrons. The molecule has 0 aliphatic heterocycles. The average molecular weight is 265 g/mol. The van der Waals surface area contributed by atoms with E-state index in [0.29, 0.717) is 11.5 Å². The summed E-state index contributed by atoms with van der Waals surface area (Å²) < 4.78 is 10.1. The van der Waals surface area contributed by atoms with E-state index >= 15 is 0 Å². The Hall–Kier alpha value is -1.39. The van der Waals surface area contributed by atoms with E-state index < -0.39 is 0 Å². The van der Waals surface area contributed by atoms with Gasteiger partial charge in [-0.3, -0.25) is 0 Å². The molecule has 0 bridgehead atoms. The molecule has 1 rings (SSSR count). The molecule has 0 heterocycles. The van der Waals surface area contributed by atoms with Crippen molar-refractivity contribution in [2.75, 3.05) is 26.9 Å². The first kappa shape index (κ1) is 15.7. The molecular weight excluding hydrogens is 242 g/mol. The zero-order valence-corrected chi connectivity index (χ0v) is 11.9. The van der Waals surface area contributed by atoms with Crippen molar-refractivity contribution >= 4 is 5.97 Å². The van der Waals surface area contributed by atoms with E-state index in [9.17, 15) is 4.79 Å². The minimum absolute atomic E-state index is 0.304. The number of hydrogen-bond acceptors (Lipinski definition) is 4. The zero-order chi connectivity index (χ0) is 14.1. The lowest BCUT2D eigenvalue weighted by Crippen LogP contribution is -2.20. The number of methoxy groups -OCH3 is 1. The summed E-state index contributed by atoms with van der Waals surface area (Å²) in [6, 6.07) is 7.40. The summed E-state index contributed by atoms with van der Waals surface area (Å²) in [5.74, 6) is 0.271. The maximum absolute atomic E-state index is 11.3. The smallest absolute Gasteiger partial charge is 0.337 e. The van der Waals surface area contributed by atoms with Crippen molar-refractivity contribution in [2.24, 2.45) is 5.92 Å². The molecule has 0 spiro atoms. The highest BCUT2D eigenvalue weighted by molar-refractivity contribution is 5.89. The summed E-state index contributed by atoms with van der Waals surface area (Å²) in [5.41, 5.74) is 1.71. The maximum atomic E-state index is 11.3. The van der Waals surface area contributed by atoms with Crippen LogP contribution in [0.1, 0.15) is 29.8 Å². The molecule has 4 heteroatoms. The molecule has 0 saturated carbocycles. The van der Waals surface area contributed by atoms with Crippen LogP contribution in [0.15, 0.2) is 24.3 Å². The van der Waals surface area contributed by atoms with Crippen LogP contribution in [0.3, 0.4) is 0 Å². The van der Waals surface area contributed by atoms with E-state index in [1.165, 1.54) is 7.11 Å². The third-order valence-corrected chi connectivity index (χ3v) is 2.58. The van der Waals surface area contributed by atoms with E-state index in [0.717, 1.165) is 31.9 Å². The Morgan fingerprint density at radius 3 is 2.53 bits per heavy atom. The monoisotopic (exact) mass is 265 g/mol. The van der Waals surface area contributed by atoms with E-state index in [-0.39, 0.29) is 5.97 Å². The van der Waals surface area contributed by atoms with Crippen LogP contribution in [0.4, 0.5) is 0 Å². The molecule has 0 fully saturated rings. The molecule has 0 aromatic heterocycles. The van der Waals surface area contributed by atoms with Crippen molar-refractivity contribution in [1.82, 2.24) is 5.32 Å². The quantitative estimate of drug-likeness (QED) is 0.578. The van der Waals surface area contributed by atoms with Crippen LogP contribution in [0, 0.1) is 5.92 Å². The SMILES string of the molecule is COC(=O)c1ccc(CNCCOCC(C)C)cc1. The lowest BCUT2D eigenvalue weighted by molar-refractivity contribution is 0.0600. The predicted molar refractivity (Wildman–Crippen MR) is 75.1 cm³/mol. The van der Waals surface area contributed by atoms with Gasteiger partial charge in [0.2, 0.25) is 0 Å². The van der Waals surface area contributed by atoms with Gasteiger partial charge >= 0.3 is 5.97 Å². The molecule has 1 aromatic rings. The summed E-state index contributed by atoms with van der Waals surface area (Å²) in [7, 11) is 1.38. The number of rotatable bonds is 8. The number of ether oxygens (including phenoxy) is 2. The second-order valence-electron chi connectivity index (χ2n) is 4.83. The Morgan fingerprint density at radius 1 is 1.26 bits per heavy atom. The lowest BCUT2D eigenvalue weighted by atomic mass is 10.1. The Labute approximate surface area is 115 Å². The summed E-state index contributed by atoms with van der Waals surface area (Å²) in [6.45, 7) is 7.39. The van der Waals surface area contributed by atoms with Gasteiger partial charge in [-0.15, -0.1) is 0 Å². The Morgan fingerprint density at radius 2 is 1.95 bits per heavy atom. The van der Waals surface area contributed by atoms with Crippen LogP contribution in [-0.4, -0.2) is 32.8 Å². The molecule has 1 aromatic carbocycles. The summed E-state index contributed by atoms with van der Waals surface area (Å²) in [4.78, 5) is 11.3. The number of carbonyl (C=O) groups excluding carboxylic acids is 1. The average Bonchev–Trinajstić information content (AvgIpc) is 2.42. The van der Waals surface area contributed by atoms with Gasteiger partial charge in [-0.2, -0.15) is 0 Å². The fourth-order valence-electron chi connectivity index (χ4n) is 1.57. The van der Waals surface area contributed by atoms with Crippen LogP contribution in [0.2, 0.25) is 0 Å². The molecule has 0 amide bonds. The fraction of sp³-hybridized carbons (Fsp3) is 0.533. The van der Waals surface area contributed by atoms with Gasteiger partial charge in [-0.1, -0.05) is 26.0 Å². The molecule has 0 saturated heterocycles. The van der Waals surface area contributed by atoms with Crippen LogP contribution in [-0.2, 0) is 16.0 Å². The van der Waals surface area contributed by atoms with Gasteiger partial charge in [0.1, 0.15) is 0 Å². The third kappa shape index (κ3) is 6.36. The highest BCUT2D eigenvalue weighted by atomic mass is 16.5. The zero-order valence-electron chi connectivity index (χ0n) is 11.9. The number of nitrogens with one attached hydrogen (secondary N) is 1. The minimum Gasteiger partial charge on any atom is -0.465 e. The molecule has 19 heavy (non-hydrogen) atoms.